The van der Waals surface area contributed by atoms with Crippen LogP contribution in [-0.4, -0.2) is 36.6 Å². The van der Waals surface area contributed by atoms with Gasteiger partial charge in [-0.15, -0.1) is 5.10 Å². The maximum atomic E-state index is 13.5. The first kappa shape index (κ1) is 21.4. The summed E-state index contributed by atoms with van der Waals surface area (Å²) >= 11 is 0. The zero-order valence-corrected chi connectivity index (χ0v) is 19.6. The summed E-state index contributed by atoms with van der Waals surface area (Å²) < 4.78 is 1.82. The molecular weight excluding hydrogens is 436 g/mol. The minimum absolute atomic E-state index is 0.107. The normalized spacial score (nSPS) is 14.7. The lowest BCUT2D eigenvalue weighted by Crippen LogP contribution is -2.38. The summed E-state index contributed by atoms with van der Waals surface area (Å²) in [6.45, 7) is 4.08. The average molecular weight is 463 g/mol. The van der Waals surface area contributed by atoms with Crippen molar-refractivity contribution in [3.8, 4) is 0 Å². The van der Waals surface area contributed by atoms with E-state index < -0.39 is 0 Å². The molecule has 35 heavy (non-hydrogen) atoms. The number of pyridine rings is 1. The number of hydrogen-bond donors (Lipinski definition) is 1. The SMILES string of the molecule is Cc1cccc2cc([C@@H](c3nnnn3Cc3ccccc3)N3CCc4ccccc4C3)c(=O)[nH]c12. The number of nitrogens with one attached hydrogen (secondary N) is 1. The van der Waals surface area contributed by atoms with Crippen LogP contribution in [0.3, 0.4) is 0 Å². The Hall–Kier alpha value is -4.10. The Kier molecular flexibility index (Phi) is 5.47. The van der Waals surface area contributed by atoms with Gasteiger partial charge in [-0.2, -0.15) is 0 Å². The third-order valence-corrected chi connectivity index (χ3v) is 6.92. The molecule has 0 spiro atoms. The summed E-state index contributed by atoms with van der Waals surface area (Å²) in [5.74, 6) is 0.672. The van der Waals surface area contributed by atoms with Gasteiger partial charge in [0.1, 0.15) is 6.04 Å². The van der Waals surface area contributed by atoms with Crippen molar-refractivity contribution >= 4 is 10.9 Å². The molecule has 1 N–H and O–H groups in total. The minimum Gasteiger partial charge on any atom is -0.321 e. The molecule has 0 amide bonds. The second kappa shape index (κ2) is 8.92. The first-order valence-corrected chi connectivity index (χ1v) is 11.9. The number of H-pyrrole nitrogens is 1. The predicted molar refractivity (Wildman–Crippen MR) is 135 cm³/mol. The topological polar surface area (TPSA) is 79.7 Å². The molecule has 1 atom stereocenters. The van der Waals surface area contributed by atoms with Crippen LogP contribution in [0.15, 0.2) is 83.7 Å². The number of rotatable bonds is 5. The molecule has 5 aromatic rings. The fraction of sp³-hybridized carbons (Fsp3) is 0.214. The van der Waals surface area contributed by atoms with E-state index in [1.807, 2.05) is 54.1 Å². The second-order valence-corrected chi connectivity index (χ2v) is 9.16. The fourth-order valence-electron chi connectivity index (χ4n) is 5.12. The molecule has 1 aliphatic heterocycles. The molecule has 0 fully saturated rings. The van der Waals surface area contributed by atoms with Crippen LogP contribution in [0.2, 0.25) is 0 Å². The molecule has 0 radical (unpaired) electrons. The van der Waals surface area contributed by atoms with E-state index in [2.05, 4.69) is 61.8 Å². The number of aromatic nitrogens is 5. The van der Waals surface area contributed by atoms with Gasteiger partial charge in [-0.1, -0.05) is 72.8 Å². The highest BCUT2D eigenvalue weighted by atomic mass is 16.1. The molecule has 174 valence electrons. The van der Waals surface area contributed by atoms with Crippen LogP contribution in [0.4, 0.5) is 0 Å². The molecule has 0 saturated carbocycles. The molecule has 0 bridgehead atoms. The Balaban J connectivity index is 1.49. The van der Waals surface area contributed by atoms with Crippen LogP contribution in [0.25, 0.3) is 10.9 Å². The third kappa shape index (κ3) is 4.04. The van der Waals surface area contributed by atoms with Gasteiger partial charge in [-0.3, -0.25) is 9.69 Å². The van der Waals surface area contributed by atoms with Gasteiger partial charge in [0.25, 0.3) is 5.56 Å². The van der Waals surface area contributed by atoms with Crippen molar-refractivity contribution in [2.45, 2.75) is 32.5 Å². The van der Waals surface area contributed by atoms with Crippen molar-refractivity contribution in [2.24, 2.45) is 0 Å². The van der Waals surface area contributed by atoms with Crippen LogP contribution in [0.5, 0.6) is 0 Å². The Morgan fingerprint density at radius 3 is 2.63 bits per heavy atom. The number of hydrogen-bond acceptors (Lipinski definition) is 5. The highest BCUT2D eigenvalue weighted by Gasteiger charge is 2.32. The molecule has 3 heterocycles. The number of aryl methyl sites for hydroxylation is 1. The molecule has 0 saturated heterocycles. The lowest BCUT2D eigenvalue weighted by atomic mass is 9.95. The molecule has 7 heteroatoms. The van der Waals surface area contributed by atoms with Gasteiger partial charge in [-0.05, 0) is 57.5 Å². The Morgan fingerprint density at radius 2 is 1.77 bits per heavy atom. The van der Waals surface area contributed by atoms with Gasteiger partial charge in [0.05, 0.1) is 12.1 Å². The van der Waals surface area contributed by atoms with Gasteiger partial charge >= 0.3 is 0 Å². The zero-order valence-electron chi connectivity index (χ0n) is 19.6. The highest BCUT2D eigenvalue weighted by molar-refractivity contribution is 5.82. The lowest BCUT2D eigenvalue weighted by molar-refractivity contribution is 0.194. The lowest BCUT2D eigenvalue weighted by Gasteiger charge is -2.34. The molecule has 0 aliphatic carbocycles. The first-order chi connectivity index (χ1) is 17.2. The number of para-hydroxylation sites is 1. The van der Waals surface area contributed by atoms with E-state index in [-0.39, 0.29) is 11.6 Å². The molecular formula is C28H26N6O. The van der Waals surface area contributed by atoms with Crippen molar-refractivity contribution < 1.29 is 0 Å². The van der Waals surface area contributed by atoms with Gasteiger partial charge in [-0.25, -0.2) is 4.68 Å². The molecule has 2 aromatic heterocycles. The highest BCUT2D eigenvalue weighted by Crippen LogP contribution is 2.32. The van der Waals surface area contributed by atoms with Crippen molar-refractivity contribution in [2.75, 3.05) is 6.54 Å². The van der Waals surface area contributed by atoms with Crippen LogP contribution in [0, 0.1) is 6.92 Å². The summed E-state index contributed by atoms with van der Waals surface area (Å²) in [5, 5.41) is 13.8. The van der Waals surface area contributed by atoms with Crippen molar-refractivity contribution in [1.82, 2.24) is 30.1 Å². The van der Waals surface area contributed by atoms with Crippen molar-refractivity contribution in [3.05, 3.63) is 123 Å². The minimum atomic E-state index is -0.379. The van der Waals surface area contributed by atoms with Crippen LogP contribution >= 0.6 is 0 Å². The van der Waals surface area contributed by atoms with Gasteiger partial charge in [0, 0.05) is 18.7 Å². The molecule has 6 rings (SSSR count). The second-order valence-electron chi connectivity index (χ2n) is 9.16. The largest absolute Gasteiger partial charge is 0.321 e. The number of nitrogens with zero attached hydrogens (tertiary/aromatic N) is 5. The zero-order chi connectivity index (χ0) is 23.8. The van der Waals surface area contributed by atoms with Crippen LogP contribution < -0.4 is 5.56 Å². The maximum absolute atomic E-state index is 13.5. The van der Waals surface area contributed by atoms with E-state index in [9.17, 15) is 4.79 Å². The molecule has 7 nitrogen and oxygen atoms in total. The summed E-state index contributed by atoms with van der Waals surface area (Å²) in [6.07, 6.45) is 0.914. The number of fused-ring (bicyclic) bond motifs is 2. The predicted octanol–water partition coefficient (Wildman–Crippen LogP) is 4.02. The Bertz CT molecular complexity index is 1560. The first-order valence-electron chi connectivity index (χ1n) is 11.9. The molecule has 0 unspecified atom stereocenters. The van der Waals surface area contributed by atoms with Gasteiger partial charge in [0.2, 0.25) is 0 Å². The molecule has 1 aliphatic rings. The van der Waals surface area contributed by atoms with Crippen molar-refractivity contribution in [3.63, 3.8) is 0 Å². The average Bonchev–Trinajstić information content (AvgIpc) is 3.33. The quantitative estimate of drug-likeness (QED) is 0.427. The Morgan fingerprint density at radius 1 is 0.971 bits per heavy atom. The van der Waals surface area contributed by atoms with Gasteiger partial charge < -0.3 is 4.98 Å². The van der Waals surface area contributed by atoms with E-state index in [1.165, 1.54) is 11.1 Å². The monoisotopic (exact) mass is 462 g/mol. The van der Waals surface area contributed by atoms with E-state index in [4.69, 9.17) is 0 Å². The van der Waals surface area contributed by atoms with E-state index >= 15 is 0 Å². The summed E-state index contributed by atoms with van der Waals surface area (Å²) in [6, 6.07) is 26.3. The molecule has 3 aromatic carbocycles. The number of benzene rings is 3. The summed E-state index contributed by atoms with van der Waals surface area (Å²) in [7, 11) is 0. The van der Waals surface area contributed by atoms with E-state index in [0.29, 0.717) is 17.9 Å². The summed E-state index contributed by atoms with van der Waals surface area (Å²) in [4.78, 5) is 19.0. The van der Waals surface area contributed by atoms with E-state index in [0.717, 1.165) is 41.5 Å². The number of tetrazole rings is 1. The van der Waals surface area contributed by atoms with Crippen molar-refractivity contribution in [1.29, 1.82) is 0 Å². The third-order valence-electron chi connectivity index (χ3n) is 6.92. The van der Waals surface area contributed by atoms with Gasteiger partial charge in [0.15, 0.2) is 5.82 Å². The van der Waals surface area contributed by atoms with E-state index in [1.54, 1.807) is 0 Å². The van der Waals surface area contributed by atoms with Crippen LogP contribution in [0.1, 0.15) is 39.7 Å². The standard InChI is InChI=1S/C28H26N6O/c1-19-8-7-13-22-16-24(28(35)29-25(19)22)26(33-15-14-21-11-5-6-12-23(21)18-33)27-30-31-32-34(27)17-20-9-3-2-4-10-20/h2-13,16,26H,14-15,17-18H2,1H3,(H,29,35)/t26-/m0/s1. The maximum Gasteiger partial charge on any atom is 0.253 e. The fourth-order valence-corrected chi connectivity index (χ4v) is 5.12. The number of aromatic amines is 1. The van der Waals surface area contributed by atoms with Crippen LogP contribution in [-0.2, 0) is 19.5 Å². The Labute approximate surface area is 203 Å². The smallest absolute Gasteiger partial charge is 0.253 e. The summed E-state index contributed by atoms with van der Waals surface area (Å²) in [5.41, 5.74) is 6.20.